The van der Waals surface area contributed by atoms with Gasteiger partial charge < -0.3 is 5.32 Å². The van der Waals surface area contributed by atoms with Crippen molar-refractivity contribution in [2.75, 3.05) is 6.54 Å². The van der Waals surface area contributed by atoms with Gasteiger partial charge in [0.1, 0.15) is 0 Å². The van der Waals surface area contributed by atoms with Crippen LogP contribution in [0.25, 0.3) is 5.78 Å². The van der Waals surface area contributed by atoms with E-state index in [1.807, 2.05) is 19.9 Å². The lowest BCUT2D eigenvalue weighted by Gasteiger charge is -2.09. The number of fused-ring (bicyclic) bond motifs is 1. The number of alkyl halides is 3. The number of benzene rings is 1. The average molecular weight is 377 g/mol. The van der Waals surface area contributed by atoms with Gasteiger partial charge in [-0.25, -0.2) is 9.50 Å². The van der Waals surface area contributed by atoms with Crippen molar-refractivity contribution in [2.24, 2.45) is 0 Å². The van der Waals surface area contributed by atoms with Gasteiger partial charge in [0.05, 0.1) is 12.0 Å². The zero-order valence-corrected chi connectivity index (χ0v) is 14.8. The monoisotopic (exact) mass is 377 g/mol. The summed E-state index contributed by atoms with van der Waals surface area (Å²) in [6.45, 7) is 3.95. The Morgan fingerprint density at radius 3 is 2.70 bits per heavy atom. The largest absolute Gasteiger partial charge is 0.416 e. The fourth-order valence-electron chi connectivity index (χ4n) is 2.74. The third kappa shape index (κ3) is 4.60. The summed E-state index contributed by atoms with van der Waals surface area (Å²) in [6.07, 6.45) is -4.10. The van der Waals surface area contributed by atoms with E-state index in [1.54, 1.807) is 10.6 Å². The molecule has 0 saturated heterocycles. The lowest BCUT2D eigenvalue weighted by atomic mass is 10.1. The van der Waals surface area contributed by atoms with Gasteiger partial charge in [0.2, 0.25) is 5.91 Å². The molecule has 3 rings (SSSR count). The van der Waals surface area contributed by atoms with Crippen molar-refractivity contribution in [2.45, 2.75) is 32.9 Å². The van der Waals surface area contributed by atoms with Gasteiger partial charge in [-0.3, -0.25) is 4.79 Å². The number of hydrogen-bond acceptors (Lipinski definition) is 4. The summed E-state index contributed by atoms with van der Waals surface area (Å²) in [5, 5.41) is 6.93. The molecule has 0 bridgehead atoms. The lowest BCUT2D eigenvalue weighted by molar-refractivity contribution is -0.137. The molecule has 142 valence electrons. The first-order valence-corrected chi connectivity index (χ1v) is 8.35. The minimum atomic E-state index is -4.38. The molecule has 9 heteroatoms. The minimum Gasteiger partial charge on any atom is -0.355 e. The zero-order valence-electron chi connectivity index (χ0n) is 14.8. The molecular formula is C18H18F3N5O. The van der Waals surface area contributed by atoms with Crippen LogP contribution in [-0.4, -0.2) is 32.0 Å². The number of halogens is 3. The van der Waals surface area contributed by atoms with Crippen molar-refractivity contribution >= 4 is 11.7 Å². The normalized spacial score (nSPS) is 11.7. The van der Waals surface area contributed by atoms with E-state index >= 15 is 0 Å². The standard InChI is InChI=1S/C18H18F3N5O/c1-11-8-12(2)26-17(23-11)24-15(25-26)10-16(27)22-7-6-13-4-3-5-14(9-13)18(19,20)21/h3-5,8-9H,6-7,10H2,1-2H3,(H,22,27). The van der Waals surface area contributed by atoms with Gasteiger partial charge in [0.15, 0.2) is 5.82 Å². The van der Waals surface area contributed by atoms with E-state index in [1.165, 1.54) is 6.07 Å². The first-order valence-electron chi connectivity index (χ1n) is 8.35. The molecule has 0 atom stereocenters. The molecule has 2 aromatic heterocycles. The van der Waals surface area contributed by atoms with Crippen LogP contribution in [0, 0.1) is 13.8 Å². The Morgan fingerprint density at radius 2 is 1.96 bits per heavy atom. The molecule has 1 amide bonds. The van der Waals surface area contributed by atoms with Crippen LogP contribution in [0.4, 0.5) is 13.2 Å². The number of amides is 1. The molecule has 0 radical (unpaired) electrons. The molecule has 1 aromatic carbocycles. The molecule has 0 aliphatic heterocycles. The van der Waals surface area contributed by atoms with E-state index in [-0.39, 0.29) is 18.9 Å². The van der Waals surface area contributed by atoms with E-state index in [4.69, 9.17) is 0 Å². The van der Waals surface area contributed by atoms with Crippen molar-refractivity contribution in [1.29, 1.82) is 0 Å². The maximum absolute atomic E-state index is 12.7. The Labute approximate surface area is 153 Å². The number of hydrogen-bond donors (Lipinski definition) is 1. The molecule has 1 N–H and O–H groups in total. The topological polar surface area (TPSA) is 72.2 Å². The van der Waals surface area contributed by atoms with Crippen molar-refractivity contribution in [3.8, 4) is 0 Å². The molecule has 0 aliphatic carbocycles. The molecular weight excluding hydrogens is 359 g/mol. The van der Waals surface area contributed by atoms with Gasteiger partial charge in [-0.05, 0) is 38.0 Å². The van der Waals surface area contributed by atoms with Crippen LogP contribution >= 0.6 is 0 Å². The summed E-state index contributed by atoms with van der Waals surface area (Å²) in [6, 6.07) is 6.93. The number of aryl methyl sites for hydroxylation is 2. The Balaban J connectivity index is 1.57. The highest BCUT2D eigenvalue weighted by Gasteiger charge is 2.30. The number of carbonyl (C=O) groups is 1. The Kier molecular flexibility index (Phi) is 5.11. The van der Waals surface area contributed by atoms with Gasteiger partial charge in [-0.15, -0.1) is 5.10 Å². The highest BCUT2D eigenvalue weighted by molar-refractivity contribution is 5.77. The summed E-state index contributed by atoms with van der Waals surface area (Å²) < 4.78 is 39.7. The van der Waals surface area contributed by atoms with E-state index in [0.29, 0.717) is 23.6 Å². The molecule has 6 nitrogen and oxygen atoms in total. The fraction of sp³-hybridized carbons (Fsp3) is 0.333. The molecule has 0 aliphatic rings. The van der Waals surface area contributed by atoms with Crippen LogP contribution in [-0.2, 0) is 23.8 Å². The second-order valence-corrected chi connectivity index (χ2v) is 6.25. The maximum atomic E-state index is 12.7. The molecule has 0 fully saturated rings. The predicted molar refractivity (Wildman–Crippen MR) is 92.1 cm³/mol. The van der Waals surface area contributed by atoms with Crippen LogP contribution < -0.4 is 5.32 Å². The molecule has 3 aromatic rings. The second-order valence-electron chi connectivity index (χ2n) is 6.25. The molecule has 0 unspecified atom stereocenters. The van der Waals surface area contributed by atoms with Crippen LogP contribution in [0.1, 0.15) is 28.3 Å². The van der Waals surface area contributed by atoms with Gasteiger partial charge in [0.25, 0.3) is 5.78 Å². The number of aromatic nitrogens is 4. The van der Waals surface area contributed by atoms with E-state index in [9.17, 15) is 18.0 Å². The Morgan fingerprint density at radius 1 is 1.19 bits per heavy atom. The smallest absolute Gasteiger partial charge is 0.355 e. The number of carbonyl (C=O) groups excluding carboxylic acids is 1. The van der Waals surface area contributed by atoms with Crippen LogP contribution in [0.15, 0.2) is 30.3 Å². The summed E-state index contributed by atoms with van der Waals surface area (Å²) >= 11 is 0. The fourth-order valence-corrected chi connectivity index (χ4v) is 2.74. The van der Waals surface area contributed by atoms with Gasteiger partial charge in [-0.1, -0.05) is 18.2 Å². The van der Waals surface area contributed by atoms with Gasteiger partial charge in [0, 0.05) is 17.9 Å². The van der Waals surface area contributed by atoms with Gasteiger partial charge >= 0.3 is 6.18 Å². The van der Waals surface area contributed by atoms with Crippen LogP contribution in [0.5, 0.6) is 0 Å². The quantitative estimate of drug-likeness (QED) is 0.742. The van der Waals surface area contributed by atoms with Crippen molar-refractivity contribution in [3.05, 3.63) is 58.7 Å². The third-order valence-corrected chi connectivity index (χ3v) is 3.97. The molecule has 2 heterocycles. The zero-order chi connectivity index (χ0) is 19.6. The van der Waals surface area contributed by atoms with Crippen molar-refractivity contribution in [3.63, 3.8) is 0 Å². The van der Waals surface area contributed by atoms with Crippen LogP contribution in [0.2, 0.25) is 0 Å². The summed E-state index contributed by atoms with van der Waals surface area (Å²) in [4.78, 5) is 20.6. The highest BCUT2D eigenvalue weighted by Crippen LogP contribution is 2.29. The molecule has 27 heavy (non-hydrogen) atoms. The van der Waals surface area contributed by atoms with E-state index < -0.39 is 11.7 Å². The predicted octanol–water partition coefficient (Wildman–Crippen LogP) is 2.66. The number of nitrogens with one attached hydrogen (secondary N) is 1. The van der Waals surface area contributed by atoms with Crippen LogP contribution in [0.3, 0.4) is 0 Å². The van der Waals surface area contributed by atoms with Gasteiger partial charge in [-0.2, -0.15) is 18.2 Å². The number of rotatable bonds is 5. The minimum absolute atomic E-state index is 0.0234. The van der Waals surface area contributed by atoms with E-state index in [2.05, 4.69) is 20.4 Å². The highest BCUT2D eigenvalue weighted by atomic mass is 19.4. The average Bonchev–Trinajstić information content (AvgIpc) is 2.97. The second kappa shape index (κ2) is 7.34. The summed E-state index contributed by atoms with van der Waals surface area (Å²) in [5.74, 6) is 0.472. The first-order chi connectivity index (χ1) is 12.7. The third-order valence-electron chi connectivity index (χ3n) is 3.97. The Hall–Kier alpha value is -2.97. The number of nitrogens with zero attached hydrogens (tertiary/aromatic N) is 4. The molecule has 0 saturated carbocycles. The summed E-state index contributed by atoms with van der Waals surface area (Å²) in [5.41, 5.74) is 1.48. The summed E-state index contributed by atoms with van der Waals surface area (Å²) in [7, 11) is 0. The van der Waals surface area contributed by atoms with Crippen molar-refractivity contribution < 1.29 is 18.0 Å². The maximum Gasteiger partial charge on any atom is 0.416 e. The lowest BCUT2D eigenvalue weighted by Crippen LogP contribution is -2.27. The SMILES string of the molecule is Cc1cc(C)n2nc(CC(=O)NCCc3cccc(C(F)(F)F)c3)nc2n1. The van der Waals surface area contributed by atoms with Crippen molar-refractivity contribution in [1.82, 2.24) is 24.9 Å². The molecule has 0 spiro atoms. The van der Waals surface area contributed by atoms with E-state index in [0.717, 1.165) is 23.5 Å². The first kappa shape index (κ1) is 18.8. The Bertz CT molecular complexity index is 981.